The predicted octanol–water partition coefficient (Wildman–Crippen LogP) is 4.78. The van der Waals surface area contributed by atoms with Crippen LogP contribution in [-0.2, 0) is 10.0 Å². The second-order valence-corrected chi connectivity index (χ2v) is 9.28. The number of aromatic carboxylic acids is 1. The number of nitrogens with one attached hydrogen (secondary N) is 1. The zero-order valence-corrected chi connectivity index (χ0v) is 18.3. The highest BCUT2D eigenvalue weighted by Gasteiger charge is 2.22. The molecule has 4 aromatic rings. The topological polar surface area (TPSA) is 106 Å². The fourth-order valence-corrected chi connectivity index (χ4v) is 5.45. The van der Waals surface area contributed by atoms with E-state index in [-0.39, 0.29) is 22.0 Å². The Balaban J connectivity index is 1.70. The summed E-state index contributed by atoms with van der Waals surface area (Å²) in [5, 5.41) is 13.1. The average Bonchev–Trinajstić information content (AvgIpc) is 3.25. The van der Waals surface area contributed by atoms with Crippen molar-refractivity contribution in [1.29, 1.82) is 0 Å². The highest BCUT2D eigenvalue weighted by molar-refractivity contribution is 7.92. The summed E-state index contributed by atoms with van der Waals surface area (Å²) in [5.74, 6) is -1.04. The van der Waals surface area contributed by atoms with Crippen molar-refractivity contribution in [2.75, 3.05) is 11.8 Å². The highest BCUT2D eigenvalue weighted by atomic mass is 32.2. The van der Waals surface area contributed by atoms with Gasteiger partial charge in [0, 0.05) is 10.9 Å². The third-order valence-electron chi connectivity index (χ3n) is 4.82. The number of anilines is 1. The maximum absolute atomic E-state index is 12.9. The van der Waals surface area contributed by atoms with Crippen molar-refractivity contribution < 1.29 is 23.1 Å². The number of ether oxygens (including phenoxy) is 1. The second-order valence-electron chi connectivity index (χ2n) is 6.79. The Kier molecular flexibility index (Phi) is 5.38. The molecule has 0 bridgehead atoms. The summed E-state index contributed by atoms with van der Waals surface area (Å²) in [4.78, 5) is 15.5. The number of fused-ring (bicyclic) bond motifs is 1. The van der Waals surface area contributed by atoms with Crippen LogP contribution in [0, 0.1) is 6.92 Å². The molecule has 31 heavy (non-hydrogen) atoms. The Morgan fingerprint density at radius 2 is 1.84 bits per heavy atom. The predicted molar refractivity (Wildman–Crippen MR) is 121 cm³/mol. The summed E-state index contributed by atoms with van der Waals surface area (Å²) >= 11 is 1.24. The molecule has 0 unspecified atom stereocenters. The van der Waals surface area contributed by atoms with Gasteiger partial charge in [-0.2, -0.15) is 8.42 Å². The Morgan fingerprint density at radius 3 is 2.55 bits per heavy atom. The monoisotopic (exact) mass is 454 g/mol. The average molecular weight is 455 g/mol. The number of rotatable bonds is 6. The lowest BCUT2D eigenvalue weighted by molar-refractivity contribution is 0.0696. The maximum Gasteiger partial charge on any atom is 0.335 e. The molecule has 1 heterocycles. The van der Waals surface area contributed by atoms with E-state index in [1.807, 2.05) is 43.3 Å². The fraction of sp³-hybridized carbons (Fsp3) is 0.0909. The van der Waals surface area contributed by atoms with Crippen molar-refractivity contribution in [2.24, 2.45) is 0 Å². The van der Waals surface area contributed by atoms with Crippen LogP contribution in [0.5, 0.6) is 5.75 Å². The molecule has 0 aliphatic rings. The van der Waals surface area contributed by atoms with Crippen LogP contribution in [0.25, 0.3) is 21.3 Å². The third kappa shape index (κ3) is 3.97. The van der Waals surface area contributed by atoms with Gasteiger partial charge in [-0.05, 0) is 41.5 Å². The van der Waals surface area contributed by atoms with Crippen LogP contribution in [0.15, 0.2) is 65.0 Å². The van der Waals surface area contributed by atoms with E-state index in [4.69, 9.17) is 9.84 Å². The van der Waals surface area contributed by atoms with E-state index >= 15 is 0 Å². The minimum Gasteiger partial charge on any atom is -0.495 e. The van der Waals surface area contributed by atoms with Gasteiger partial charge >= 0.3 is 5.97 Å². The van der Waals surface area contributed by atoms with Gasteiger partial charge in [0.2, 0.25) is 0 Å². The number of carboxylic acid groups (broad SMARTS) is 1. The summed E-state index contributed by atoms with van der Waals surface area (Å²) < 4.78 is 33.4. The molecule has 0 aliphatic carbocycles. The van der Waals surface area contributed by atoms with Crippen molar-refractivity contribution in [1.82, 2.24) is 4.98 Å². The number of nitrogens with zero attached hydrogens (tertiary/aromatic N) is 1. The first-order valence-corrected chi connectivity index (χ1v) is 11.5. The molecule has 7 nitrogen and oxygen atoms in total. The van der Waals surface area contributed by atoms with E-state index in [0.29, 0.717) is 5.01 Å². The van der Waals surface area contributed by atoms with E-state index in [9.17, 15) is 13.2 Å². The first kappa shape index (κ1) is 20.8. The molecule has 0 saturated heterocycles. The minimum absolute atomic E-state index is 0.0120. The lowest BCUT2D eigenvalue weighted by Gasteiger charge is -2.11. The van der Waals surface area contributed by atoms with Crippen LogP contribution in [0.1, 0.15) is 15.9 Å². The standard InChI is InChI=1S/C22H18N2O5S2/c1-13-7-9-17(16-6-4-3-5-15(13)16)21-23-20(12-30-21)31(27,28)24-18-10-8-14(22(25)26)11-19(18)29-2/h3-12,24H,1-2H3,(H,25,26). The molecule has 0 atom stereocenters. The number of carbonyl (C=O) groups is 1. The SMILES string of the molecule is COc1cc(C(=O)O)ccc1NS(=O)(=O)c1csc(-c2ccc(C)c3ccccc23)n1. The van der Waals surface area contributed by atoms with E-state index in [1.165, 1.54) is 42.0 Å². The van der Waals surface area contributed by atoms with Gasteiger partial charge in [-0.15, -0.1) is 11.3 Å². The molecule has 0 aliphatic heterocycles. The molecule has 9 heteroatoms. The summed E-state index contributed by atoms with van der Waals surface area (Å²) in [6.07, 6.45) is 0. The molecule has 2 N–H and O–H groups in total. The van der Waals surface area contributed by atoms with Crippen LogP contribution in [0.2, 0.25) is 0 Å². The van der Waals surface area contributed by atoms with E-state index < -0.39 is 16.0 Å². The molecule has 0 amide bonds. The molecular formula is C22H18N2O5S2. The quantitative estimate of drug-likeness (QED) is 0.434. The number of hydrogen-bond acceptors (Lipinski definition) is 6. The van der Waals surface area contributed by atoms with Crippen LogP contribution >= 0.6 is 11.3 Å². The van der Waals surface area contributed by atoms with Gasteiger partial charge in [-0.25, -0.2) is 9.78 Å². The zero-order chi connectivity index (χ0) is 22.2. The summed E-state index contributed by atoms with van der Waals surface area (Å²) in [7, 11) is -2.67. The van der Waals surface area contributed by atoms with Crippen molar-refractivity contribution in [3.8, 4) is 16.3 Å². The van der Waals surface area contributed by atoms with Gasteiger partial charge in [0.1, 0.15) is 10.8 Å². The number of carboxylic acids is 1. The van der Waals surface area contributed by atoms with Gasteiger partial charge < -0.3 is 9.84 Å². The number of benzene rings is 3. The first-order chi connectivity index (χ1) is 14.8. The van der Waals surface area contributed by atoms with E-state index in [1.54, 1.807) is 0 Å². The van der Waals surface area contributed by atoms with E-state index in [0.717, 1.165) is 21.9 Å². The lowest BCUT2D eigenvalue weighted by atomic mass is 10.0. The van der Waals surface area contributed by atoms with Crippen molar-refractivity contribution in [3.63, 3.8) is 0 Å². The second kappa shape index (κ2) is 8.01. The fourth-order valence-electron chi connectivity index (χ4n) is 3.25. The number of sulfonamides is 1. The van der Waals surface area contributed by atoms with Gasteiger partial charge in [0.15, 0.2) is 5.03 Å². The molecule has 0 fully saturated rings. The van der Waals surface area contributed by atoms with Gasteiger partial charge in [-0.1, -0.05) is 36.4 Å². The Labute approximate surface area is 183 Å². The summed E-state index contributed by atoms with van der Waals surface area (Å²) in [5.41, 5.74) is 2.10. The number of methoxy groups -OCH3 is 1. The lowest BCUT2D eigenvalue weighted by Crippen LogP contribution is -2.14. The van der Waals surface area contributed by atoms with Crippen LogP contribution in [0.3, 0.4) is 0 Å². The number of aryl methyl sites for hydroxylation is 1. The molecule has 1 aromatic heterocycles. The van der Waals surface area contributed by atoms with E-state index in [2.05, 4.69) is 9.71 Å². The van der Waals surface area contributed by atoms with Crippen LogP contribution in [-0.4, -0.2) is 31.6 Å². The Morgan fingerprint density at radius 1 is 1.10 bits per heavy atom. The molecule has 3 aromatic carbocycles. The highest BCUT2D eigenvalue weighted by Crippen LogP contribution is 2.34. The Bertz CT molecular complexity index is 1410. The van der Waals surface area contributed by atoms with Crippen molar-refractivity contribution in [3.05, 3.63) is 71.1 Å². The molecular weight excluding hydrogens is 436 g/mol. The van der Waals surface area contributed by atoms with Gasteiger partial charge in [0.25, 0.3) is 10.0 Å². The molecule has 0 saturated carbocycles. The number of hydrogen-bond donors (Lipinski definition) is 2. The first-order valence-electron chi connectivity index (χ1n) is 9.18. The van der Waals surface area contributed by atoms with Crippen LogP contribution < -0.4 is 9.46 Å². The zero-order valence-electron chi connectivity index (χ0n) is 16.6. The molecule has 4 rings (SSSR count). The smallest absolute Gasteiger partial charge is 0.335 e. The maximum atomic E-state index is 12.9. The largest absolute Gasteiger partial charge is 0.495 e. The van der Waals surface area contributed by atoms with Gasteiger partial charge in [0.05, 0.1) is 18.4 Å². The van der Waals surface area contributed by atoms with Crippen LogP contribution in [0.4, 0.5) is 5.69 Å². The molecule has 0 spiro atoms. The number of thiazole rings is 1. The molecule has 0 radical (unpaired) electrons. The number of aromatic nitrogens is 1. The van der Waals surface area contributed by atoms with Gasteiger partial charge in [-0.3, -0.25) is 4.72 Å². The normalized spacial score (nSPS) is 11.4. The summed E-state index contributed by atoms with van der Waals surface area (Å²) in [6, 6.07) is 15.7. The van der Waals surface area contributed by atoms with Crippen molar-refractivity contribution >= 4 is 43.8 Å². The third-order valence-corrected chi connectivity index (χ3v) is 7.10. The van der Waals surface area contributed by atoms with Crippen molar-refractivity contribution in [2.45, 2.75) is 11.9 Å². The minimum atomic E-state index is -4.01. The Hall–Kier alpha value is -3.43. The summed E-state index contributed by atoms with van der Waals surface area (Å²) in [6.45, 7) is 2.02. The molecule has 158 valence electrons.